The molecular formula is C18H26N2O3S. The van der Waals surface area contributed by atoms with Gasteiger partial charge in [-0.15, -0.1) is 0 Å². The van der Waals surface area contributed by atoms with Crippen LogP contribution in [-0.4, -0.2) is 61.1 Å². The molecule has 0 radical (unpaired) electrons. The predicted molar refractivity (Wildman–Crippen MR) is 92.2 cm³/mol. The SMILES string of the molecule is Cc1ccc(S(=O)(=O)N2CC3(C[C@H](CO)CN3CC3CC3)C2)cc1. The summed E-state index contributed by atoms with van der Waals surface area (Å²) in [5.74, 6) is 1.06. The quantitative estimate of drug-likeness (QED) is 0.873. The van der Waals surface area contributed by atoms with Gasteiger partial charge < -0.3 is 5.11 Å². The van der Waals surface area contributed by atoms with Crippen LogP contribution >= 0.6 is 0 Å². The minimum atomic E-state index is -3.40. The first-order valence-corrected chi connectivity index (χ1v) is 10.3. The van der Waals surface area contributed by atoms with Crippen molar-refractivity contribution in [1.82, 2.24) is 9.21 Å². The van der Waals surface area contributed by atoms with Gasteiger partial charge in [-0.2, -0.15) is 4.31 Å². The Morgan fingerprint density at radius 2 is 1.83 bits per heavy atom. The fourth-order valence-electron chi connectivity index (χ4n) is 4.21. The second-order valence-electron chi connectivity index (χ2n) is 7.91. The number of benzene rings is 1. The van der Waals surface area contributed by atoms with Crippen LogP contribution in [0.4, 0.5) is 0 Å². The van der Waals surface area contributed by atoms with Crippen LogP contribution in [0.5, 0.6) is 0 Å². The van der Waals surface area contributed by atoms with Gasteiger partial charge in [0.15, 0.2) is 0 Å². The molecule has 0 bridgehead atoms. The molecule has 1 spiro atoms. The van der Waals surface area contributed by atoms with E-state index < -0.39 is 10.0 Å². The van der Waals surface area contributed by atoms with Crippen molar-refractivity contribution < 1.29 is 13.5 Å². The highest BCUT2D eigenvalue weighted by Crippen LogP contribution is 2.44. The lowest BCUT2D eigenvalue weighted by molar-refractivity contribution is 0.0168. The van der Waals surface area contributed by atoms with Gasteiger partial charge in [0.05, 0.1) is 4.90 Å². The van der Waals surface area contributed by atoms with Crippen molar-refractivity contribution in [3.05, 3.63) is 29.8 Å². The Balaban J connectivity index is 1.50. The average Bonchev–Trinajstić information content (AvgIpc) is 3.24. The monoisotopic (exact) mass is 350 g/mol. The number of likely N-dealkylation sites (tertiary alicyclic amines) is 1. The Kier molecular flexibility index (Phi) is 3.99. The lowest BCUT2D eigenvalue weighted by Crippen LogP contribution is -2.69. The van der Waals surface area contributed by atoms with Crippen LogP contribution in [0.2, 0.25) is 0 Å². The Labute approximate surface area is 144 Å². The van der Waals surface area contributed by atoms with Crippen molar-refractivity contribution in [3.8, 4) is 0 Å². The molecular weight excluding hydrogens is 324 g/mol. The average molecular weight is 350 g/mol. The van der Waals surface area contributed by atoms with E-state index in [0.29, 0.717) is 18.0 Å². The number of aliphatic hydroxyl groups excluding tert-OH is 1. The molecule has 4 rings (SSSR count). The standard InChI is InChI=1S/C18H26N2O3S/c1-14-2-6-17(7-3-14)24(22,23)20-12-18(13-20)8-16(11-21)10-19(18)9-15-4-5-15/h2-3,6-7,15-16,21H,4-5,8-13H2,1H3/t16-/m0/s1. The maximum absolute atomic E-state index is 12.8. The van der Waals surface area contributed by atoms with Crippen LogP contribution in [0.1, 0.15) is 24.8 Å². The molecule has 0 aromatic heterocycles. The van der Waals surface area contributed by atoms with Crippen molar-refractivity contribution >= 4 is 10.0 Å². The van der Waals surface area contributed by atoms with E-state index in [0.717, 1.165) is 31.0 Å². The molecule has 3 fully saturated rings. The third-order valence-electron chi connectivity index (χ3n) is 5.85. The number of sulfonamides is 1. The van der Waals surface area contributed by atoms with E-state index in [1.54, 1.807) is 16.4 Å². The summed E-state index contributed by atoms with van der Waals surface area (Å²) in [5, 5.41) is 9.56. The lowest BCUT2D eigenvalue weighted by atomic mass is 9.86. The highest BCUT2D eigenvalue weighted by molar-refractivity contribution is 7.89. The number of aliphatic hydroxyl groups is 1. The lowest BCUT2D eigenvalue weighted by Gasteiger charge is -2.52. The first-order valence-electron chi connectivity index (χ1n) is 8.86. The Morgan fingerprint density at radius 3 is 2.42 bits per heavy atom. The molecule has 0 unspecified atom stereocenters. The summed E-state index contributed by atoms with van der Waals surface area (Å²) in [7, 11) is -3.40. The molecule has 1 atom stereocenters. The molecule has 1 aromatic carbocycles. The summed E-state index contributed by atoms with van der Waals surface area (Å²) in [6, 6.07) is 7.09. The van der Waals surface area contributed by atoms with Crippen molar-refractivity contribution in [3.63, 3.8) is 0 Å². The van der Waals surface area contributed by atoms with Crippen LogP contribution in [0.25, 0.3) is 0 Å². The summed E-state index contributed by atoms with van der Waals surface area (Å²) >= 11 is 0. The predicted octanol–water partition coefficient (Wildman–Crippen LogP) is 1.46. The van der Waals surface area contributed by atoms with Gasteiger partial charge in [-0.3, -0.25) is 4.90 Å². The number of nitrogens with zero attached hydrogens (tertiary/aromatic N) is 2. The molecule has 1 aromatic rings. The third-order valence-corrected chi connectivity index (χ3v) is 7.66. The van der Waals surface area contributed by atoms with E-state index in [4.69, 9.17) is 0 Å². The molecule has 1 aliphatic carbocycles. The summed E-state index contributed by atoms with van der Waals surface area (Å²) in [6.07, 6.45) is 3.50. The molecule has 132 valence electrons. The van der Waals surface area contributed by atoms with Gasteiger partial charge in [0.25, 0.3) is 0 Å². The van der Waals surface area contributed by atoms with Crippen molar-refractivity contribution in [1.29, 1.82) is 0 Å². The molecule has 0 amide bonds. The number of aryl methyl sites for hydroxylation is 1. The van der Waals surface area contributed by atoms with Crippen LogP contribution < -0.4 is 0 Å². The first kappa shape index (κ1) is 16.5. The normalized spacial score (nSPS) is 27.5. The minimum Gasteiger partial charge on any atom is -0.396 e. The summed E-state index contributed by atoms with van der Waals surface area (Å²) in [6.45, 7) is 5.26. The van der Waals surface area contributed by atoms with E-state index in [1.165, 1.54) is 12.8 Å². The number of hydrogen-bond donors (Lipinski definition) is 1. The van der Waals surface area contributed by atoms with E-state index in [2.05, 4.69) is 4.90 Å². The molecule has 5 nitrogen and oxygen atoms in total. The molecule has 2 saturated heterocycles. The maximum atomic E-state index is 12.8. The van der Waals surface area contributed by atoms with Gasteiger partial charge >= 0.3 is 0 Å². The van der Waals surface area contributed by atoms with Crippen LogP contribution in [0.3, 0.4) is 0 Å². The summed E-state index contributed by atoms with van der Waals surface area (Å²) in [5.41, 5.74) is 1.01. The molecule has 3 aliphatic rings. The Bertz CT molecular complexity index is 706. The molecule has 2 heterocycles. The highest BCUT2D eigenvalue weighted by Gasteiger charge is 2.56. The van der Waals surface area contributed by atoms with Gasteiger partial charge in [0.1, 0.15) is 0 Å². The molecule has 1 N–H and O–H groups in total. The zero-order valence-corrected chi connectivity index (χ0v) is 15.0. The molecule has 24 heavy (non-hydrogen) atoms. The Morgan fingerprint density at radius 1 is 1.17 bits per heavy atom. The second kappa shape index (κ2) is 5.80. The molecule has 1 saturated carbocycles. The highest BCUT2D eigenvalue weighted by atomic mass is 32.2. The van der Waals surface area contributed by atoms with Gasteiger partial charge in [-0.05, 0) is 50.2 Å². The van der Waals surface area contributed by atoms with Crippen molar-refractivity contribution in [2.24, 2.45) is 11.8 Å². The molecule has 2 aliphatic heterocycles. The fraction of sp³-hybridized carbons (Fsp3) is 0.667. The first-order chi connectivity index (χ1) is 11.4. The fourth-order valence-corrected chi connectivity index (χ4v) is 5.81. The van der Waals surface area contributed by atoms with E-state index in [1.807, 2.05) is 19.1 Å². The number of rotatable bonds is 5. The Hall–Kier alpha value is -0.950. The minimum absolute atomic E-state index is 0.0479. The van der Waals surface area contributed by atoms with Gasteiger partial charge in [0, 0.05) is 38.3 Å². The van der Waals surface area contributed by atoms with Gasteiger partial charge in [0.2, 0.25) is 10.0 Å². The van der Waals surface area contributed by atoms with E-state index in [9.17, 15) is 13.5 Å². The van der Waals surface area contributed by atoms with Crippen LogP contribution in [0.15, 0.2) is 29.2 Å². The smallest absolute Gasteiger partial charge is 0.243 e. The van der Waals surface area contributed by atoms with Gasteiger partial charge in [-0.25, -0.2) is 8.42 Å². The zero-order valence-electron chi connectivity index (χ0n) is 14.2. The van der Waals surface area contributed by atoms with E-state index in [-0.39, 0.29) is 18.1 Å². The van der Waals surface area contributed by atoms with E-state index >= 15 is 0 Å². The van der Waals surface area contributed by atoms with Gasteiger partial charge in [-0.1, -0.05) is 17.7 Å². The summed E-state index contributed by atoms with van der Waals surface area (Å²) < 4.78 is 27.2. The second-order valence-corrected chi connectivity index (χ2v) is 9.85. The zero-order chi connectivity index (χ0) is 16.9. The molecule has 6 heteroatoms. The third kappa shape index (κ3) is 2.79. The summed E-state index contributed by atoms with van der Waals surface area (Å²) in [4.78, 5) is 2.85. The van der Waals surface area contributed by atoms with Crippen molar-refractivity contribution in [2.75, 3.05) is 32.8 Å². The number of hydrogen-bond acceptors (Lipinski definition) is 4. The van der Waals surface area contributed by atoms with Crippen LogP contribution in [0, 0.1) is 18.8 Å². The largest absolute Gasteiger partial charge is 0.396 e. The van der Waals surface area contributed by atoms with Crippen LogP contribution in [-0.2, 0) is 10.0 Å². The maximum Gasteiger partial charge on any atom is 0.243 e. The topological polar surface area (TPSA) is 60.9 Å². The van der Waals surface area contributed by atoms with Crippen molar-refractivity contribution in [2.45, 2.75) is 36.6 Å².